The van der Waals surface area contributed by atoms with Crippen molar-refractivity contribution in [1.29, 1.82) is 0 Å². The van der Waals surface area contributed by atoms with Crippen molar-refractivity contribution in [2.75, 3.05) is 32.0 Å². The fourth-order valence-corrected chi connectivity index (χ4v) is 4.06. The van der Waals surface area contributed by atoms with Gasteiger partial charge in [0.2, 0.25) is 0 Å². The summed E-state index contributed by atoms with van der Waals surface area (Å²) in [5, 5.41) is 8.18. The largest absolute Gasteiger partial charge is 0.322 e. The van der Waals surface area contributed by atoms with Crippen LogP contribution in [-0.2, 0) is 13.5 Å². The fraction of sp³-hybridized carbons (Fsp3) is 0.318. The third-order valence-corrected chi connectivity index (χ3v) is 5.85. The second-order valence-corrected chi connectivity index (χ2v) is 8.07. The number of nitrogen functional groups attached to an aromatic ring is 1. The fourth-order valence-electron chi connectivity index (χ4n) is 4.06. The van der Waals surface area contributed by atoms with Gasteiger partial charge in [0.15, 0.2) is 0 Å². The van der Waals surface area contributed by atoms with Gasteiger partial charge in [0.25, 0.3) is 5.91 Å². The Balaban J connectivity index is 1.52. The molecule has 3 amide bonds. The summed E-state index contributed by atoms with van der Waals surface area (Å²) >= 11 is 0. The van der Waals surface area contributed by atoms with Gasteiger partial charge in [-0.05, 0) is 49.4 Å². The third-order valence-electron chi connectivity index (χ3n) is 5.85. The Morgan fingerprint density at radius 1 is 1.19 bits per heavy atom. The highest BCUT2D eigenvalue weighted by molar-refractivity contribution is 5.94. The van der Waals surface area contributed by atoms with Gasteiger partial charge in [-0.2, -0.15) is 5.10 Å². The molecule has 32 heavy (non-hydrogen) atoms. The molecule has 0 spiro atoms. The molecule has 4 N–H and O–H groups in total. The van der Waals surface area contributed by atoms with Gasteiger partial charge in [0, 0.05) is 43.3 Å². The maximum Gasteiger partial charge on any atom is 0.322 e. The highest BCUT2D eigenvalue weighted by Gasteiger charge is 2.30. The van der Waals surface area contributed by atoms with Crippen LogP contribution in [0.15, 0.2) is 42.6 Å². The van der Waals surface area contributed by atoms with E-state index >= 15 is 0 Å². The number of nitrogens with one attached hydrogen (secondary N) is 2. The second-order valence-electron chi connectivity index (χ2n) is 8.07. The van der Waals surface area contributed by atoms with Crippen molar-refractivity contribution in [1.82, 2.24) is 25.0 Å². The molecule has 2 aromatic carbocycles. The van der Waals surface area contributed by atoms with Gasteiger partial charge in [-0.3, -0.25) is 14.9 Å². The summed E-state index contributed by atoms with van der Waals surface area (Å²) in [6, 6.07) is 9.44. The molecule has 0 radical (unpaired) electrons. The Hall–Kier alpha value is -3.50. The summed E-state index contributed by atoms with van der Waals surface area (Å²) in [7, 11) is 3.82. The van der Waals surface area contributed by atoms with Gasteiger partial charge in [-0.1, -0.05) is 6.07 Å². The molecule has 168 valence electrons. The van der Waals surface area contributed by atoms with Crippen LogP contribution in [0.3, 0.4) is 0 Å². The molecule has 9 nitrogen and oxygen atoms in total. The van der Waals surface area contributed by atoms with E-state index in [0.717, 1.165) is 23.5 Å². The van der Waals surface area contributed by atoms with Crippen LogP contribution in [0, 0.1) is 5.82 Å². The molecule has 3 aromatic rings. The number of amides is 3. The average molecular weight is 439 g/mol. The van der Waals surface area contributed by atoms with Crippen LogP contribution in [0.25, 0.3) is 10.9 Å². The summed E-state index contributed by atoms with van der Waals surface area (Å²) < 4.78 is 16.4. The maximum absolute atomic E-state index is 14.7. The quantitative estimate of drug-likeness (QED) is 0.326. The molecule has 0 saturated carbocycles. The van der Waals surface area contributed by atoms with E-state index in [1.54, 1.807) is 21.8 Å². The first-order chi connectivity index (χ1) is 15.4. The molecular weight excluding hydrogens is 413 g/mol. The summed E-state index contributed by atoms with van der Waals surface area (Å²) in [5.41, 5.74) is 4.17. The van der Waals surface area contributed by atoms with Gasteiger partial charge in [-0.25, -0.2) is 15.0 Å². The number of piperazine rings is 1. The number of aromatic nitrogens is 2. The number of urea groups is 1. The summed E-state index contributed by atoms with van der Waals surface area (Å²) in [6.45, 7) is 1.86. The van der Waals surface area contributed by atoms with Crippen molar-refractivity contribution < 1.29 is 14.0 Å². The standard InChI is InChI=1S/C22H26FN7O2/c1-28-7-8-30(22(32)26-17-6-5-16-12-25-29(2)20(16)11-17)18(13-28)9-14-3-4-15(10-19(14)23)21(31)27-24/h3-6,10-12,18H,7-9,13,24H2,1-2H3,(H,26,32)(H,27,31). The molecule has 1 fully saturated rings. The first-order valence-corrected chi connectivity index (χ1v) is 10.3. The van der Waals surface area contributed by atoms with E-state index in [0.29, 0.717) is 30.8 Å². The number of fused-ring (bicyclic) bond motifs is 1. The number of benzene rings is 2. The number of likely N-dealkylation sites (N-methyl/N-ethyl adjacent to an activating group) is 1. The zero-order valence-electron chi connectivity index (χ0n) is 18.0. The van der Waals surface area contributed by atoms with Crippen LogP contribution >= 0.6 is 0 Å². The summed E-state index contributed by atoms with van der Waals surface area (Å²) in [6.07, 6.45) is 2.10. The van der Waals surface area contributed by atoms with Crippen LogP contribution in [0.4, 0.5) is 14.9 Å². The first-order valence-electron chi connectivity index (χ1n) is 10.3. The highest BCUT2D eigenvalue weighted by Crippen LogP contribution is 2.21. The average Bonchev–Trinajstić information content (AvgIpc) is 3.14. The van der Waals surface area contributed by atoms with Crippen LogP contribution in [-0.4, -0.2) is 64.2 Å². The number of carbonyl (C=O) groups is 2. The molecule has 4 rings (SSSR count). The number of hydrogen-bond acceptors (Lipinski definition) is 5. The van der Waals surface area contributed by atoms with Crippen molar-refractivity contribution in [2.45, 2.75) is 12.5 Å². The number of anilines is 1. The number of aryl methyl sites for hydroxylation is 1. The van der Waals surface area contributed by atoms with Crippen molar-refractivity contribution in [2.24, 2.45) is 12.9 Å². The topological polar surface area (TPSA) is 109 Å². The van der Waals surface area contributed by atoms with Crippen LogP contribution in [0.1, 0.15) is 15.9 Å². The maximum atomic E-state index is 14.7. The van der Waals surface area contributed by atoms with Crippen molar-refractivity contribution >= 4 is 28.5 Å². The SMILES string of the molecule is CN1CCN(C(=O)Nc2ccc3cnn(C)c3c2)C(Cc2ccc(C(=O)NN)cc2F)C1. The van der Waals surface area contributed by atoms with Crippen molar-refractivity contribution in [3.8, 4) is 0 Å². The van der Waals surface area contributed by atoms with Crippen LogP contribution in [0.2, 0.25) is 0 Å². The van der Waals surface area contributed by atoms with E-state index in [4.69, 9.17) is 5.84 Å². The van der Waals surface area contributed by atoms with E-state index in [2.05, 4.69) is 15.3 Å². The smallest absolute Gasteiger partial charge is 0.319 e. The Morgan fingerprint density at radius 3 is 2.75 bits per heavy atom. The predicted octanol–water partition coefficient (Wildman–Crippen LogP) is 1.71. The Labute approximate surface area is 184 Å². The number of halogens is 1. The van der Waals surface area contributed by atoms with Crippen molar-refractivity contribution in [3.05, 3.63) is 59.5 Å². The van der Waals surface area contributed by atoms with Gasteiger partial charge in [0.05, 0.1) is 17.8 Å². The molecule has 1 aliphatic rings. The molecule has 0 bridgehead atoms. The van der Waals surface area contributed by atoms with E-state index < -0.39 is 11.7 Å². The van der Waals surface area contributed by atoms with E-state index in [1.807, 2.05) is 37.7 Å². The lowest BCUT2D eigenvalue weighted by atomic mass is 10.0. The Bertz CT molecular complexity index is 1160. The minimum absolute atomic E-state index is 0.148. The van der Waals surface area contributed by atoms with E-state index in [9.17, 15) is 14.0 Å². The zero-order valence-corrected chi connectivity index (χ0v) is 18.0. The molecule has 0 aliphatic carbocycles. The molecule has 1 atom stereocenters. The zero-order chi connectivity index (χ0) is 22.8. The molecule has 1 aliphatic heterocycles. The Morgan fingerprint density at radius 2 is 2.00 bits per heavy atom. The minimum Gasteiger partial charge on any atom is -0.319 e. The molecule has 1 saturated heterocycles. The van der Waals surface area contributed by atoms with Crippen LogP contribution in [0.5, 0.6) is 0 Å². The predicted molar refractivity (Wildman–Crippen MR) is 119 cm³/mol. The third kappa shape index (κ3) is 4.41. The number of hydrogen-bond donors (Lipinski definition) is 3. The molecule has 10 heteroatoms. The number of nitrogens with two attached hydrogens (primary N) is 1. The minimum atomic E-state index is -0.556. The van der Waals surface area contributed by atoms with Gasteiger partial charge in [0.1, 0.15) is 5.82 Å². The first kappa shape index (κ1) is 21.7. The molecule has 1 unspecified atom stereocenters. The highest BCUT2D eigenvalue weighted by atomic mass is 19.1. The van der Waals surface area contributed by atoms with Crippen LogP contribution < -0.4 is 16.6 Å². The van der Waals surface area contributed by atoms with Gasteiger partial charge in [-0.15, -0.1) is 0 Å². The lowest BCUT2D eigenvalue weighted by Crippen LogP contribution is -2.56. The summed E-state index contributed by atoms with van der Waals surface area (Å²) in [4.78, 5) is 28.6. The van der Waals surface area contributed by atoms with Gasteiger partial charge >= 0.3 is 6.03 Å². The number of nitrogens with zero attached hydrogens (tertiary/aromatic N) is 4. The van der Waals surface area contributed by atoms with E-state index in [-0.39, 0.29) is 17.6 Å². The molecule has 2 heterocycles. The molecular formula is C22H26FN7O2. The summed E-state index contributed by atoms with van der Waals surface area (Å²) in [5.74, 6) is 4.07. The Kier molecular flexibility index (Phi) is 6.06. The lowest BCUT2D eigenvalue weighted by Gasteiger charge is -2.40. The lowest BCUT2D eigenvalue weighted by molar-refractivity contribution is 0.0953. The number of hydrazine groups is 1. The normalized spacial score (nSPS) is 16.9. The second kappa shape index (κ2) is 8.93. The van der Waals surface area contributed by atoms with Crippen molar-refractivity contribution in [3.63, 3.8) is 0 Å². The number of carbonyl (C=O) groups excluding carboxylic acids is 2. The monoisotopic (exact) mass is 439 g/mol. The number of rotatable bonds is 4. The molecule has 1 aromatic heterocycles. The van der Waals surface area contributed by atoms with E-state index in [1.165, 1.54) is 6.07 Å². The van der Waals surface area contributed by atoms with Gasteiger partial charge < -0.3 is 15.1 Å².